The Labute approximate surface area is 131 Å². The fourth-order valence-electron chi connectivity index (χ4n) is 2.19. The summed E-state index contributed by atoms with van der Waals surface area (Å²) in [5, 5.41) is 2.92. The van der Waals surface area contributed by atoms with E-state index in [-0.39, 0.29) is 5.91 Å². The zero-order chi connectivity index (χ0) is 15.9. The first kappa shape index (κ1) is 16.0. The Bertz CT molecular complexity index is 621. The highest BCUT2D eigenvalue weighted by molar-refractivity contribution is 5.94. The number of amides is 1. The third kappa shape index (κ3) is 4.60. The van der Waals surface area contributed by atoms with Gasteiger partial charge in [-0.05, 0) is 49.5 Å². The van der Waals surface area contributed by atoms with Crippen LogP contribution in [0.4, 0.5) is 0 Å². The number of nitrogens with one attached hydrogen (secondary N) is 1. The third-order valence-electron chi connectivity index (χ3n) is 3.30. The number of hydrogen-bond donors (Lipinski definition) is 1. The van der Waals surface area contributed by atoms with Gasteiger partial charge in [0.2, 0.25) is 0 Å². The van der Waals surface area contributed by atoms with Crippen LogP contribution in [0.25, 0.3) is 0 Å². The molecule has 0 saturated carbocycles. The van der Waals surface area contributed by atoms with Gasteiger partial charge in [0.15, 0.2) is 0 Å². The molecule has 1 N–H and O–H groups in total. The summed E-state index contributed by atoms with van der Waals surface area (Å²) in [7, 11) is 5.68. The normalized spacial score (nSPS) is 10.5. The van der Waals surface area contributed by atoms with Gasteiger partial charge in [-0.1, -0.05) is 24.3 Å². The van der Waals surface area contributed by atoms with Crippen molar-refractivity contribution in [1.29, 1.82) is 0 Å². The number of benzene rings is 2. The summed E-state index contributed by atoms with van der Waals surface area (Å²) in [6.07, 6.45) is 0. The van der Waals surface area contributed by atoms with Crippen molar-refractivity contribution in [1.82, 2.24) is 10.2 Å². The summed E-state index contributed by atoms with van der Waals surface area (Å²) in [5.74, 6) is 0.721. The minimum Gasteiger partial charge on any atom is -0.497 e. The second-order valence-corrected chi connectivity index (χ2v) is 5.47. The maximum Gasteiger partial charge on any atom is 0.251 e. The average Bonchev–Trinajstić information content (AvgIpc) is 2.53. The van der Waals surface area contributed by atoms with Crippen LogP contribution in [-0.2, 0) is 13.1 Å². The van der Waals surface area contributed by atoms with Crippen LogP contribution in [0.1, 0.15) is 21.5 Å². The van der Waals surface area contributed by atoms with Gasteiger partial charge in [0.1, 0.15) is 5.75 Å². The zero-order valence-electron chi connectivity index (χ0n) is 13.3. The Kier molecular flexibility index (Phi) is 5.55. The largest absolute Gasteiger partial charge is 0.497 e. The molecule has 0 aliphatic heterocycles. The Balaban J connectivity index is 1.94. The monoisotopic (exact) mass is 298 g/mol. The Morgan fingerprint density at radius 1 is 1.09 bits per heavy atom. The minimum atomic E-state index is -0.0702. The summed E-state index contributed by atoms with van der Waals surface area (Å²) in [6, 6.07) is 15.4. The number of rotatable bonds is 6. The van der Waals surface area contributed by atoms with Gasteiger partial charge in [0.25, 0.3) is 5.91 Å². The molecular formula is C18H22N2O2. The predicted octanol–water partition coefficient (Wildman–Crippen LogP) is 2.69. The molecular weight excluding hydrogens is 276 g/mol. The van der Waals surface area contributed by atoms with Crippen LogP contribution < -0.4 is 10.1 Å². The molecule has 1 amide bonds. The maximum absolute atomic E-state index is 12.2. The van der Waals surface area contributed by atoms with E-state index in [2.05, 4.69) is 10.2 Å². The first-order valence-corrected chi connectivity index (χ1v) is 7.23. The van der Waals surface area contributed by atoms with Gasteiger partial charge >= 0.3 is 0 Å². The second kappa shape index (κ2) is 7.61. The zero-order valence-corrected chi connectivity index (χ0v) is 13.3. The van der Waals surface area contributed by atoms with Crippen LogP contribution >= 0.6 is 0 Å². The van der Waals surface area contributed by atoms with Gasteiger partial charge < -0.3 is 15.0 Å². The van der Waals surface area contributed by atoms with Gasteiger partial charge in [-0.15, -0.1) is 0 Å². The quantitative estimate of drug-likeness (QED) is 0.891. The molecule has 22 heavy (non-hydrogen) atoms. The van der Waals surface area contributed by atoms with Crippen molar-refractivity contribution in [2.75, 3.05) is 21.2 Å². The predicted molar refractivity (Wildman–Crippen MR) is 88.0 cm³/mol. The number of carbonyl (C=O) groups excluding carboxylic acids is 1. The van der Waals surface area contributed by atoms with Crippen LogP contribution in [0.3, 0.4) is 0 Å². The van der Waals surface area contributed by atoms with Crippen LogP contribution in [0, 0.1) is 0 Å². The molecule has 0 heterocycles. The summed E-state index contributed by atoms with van der Waals surface area (Å²) in [6.45, 7) is 1.35. The fraction of sp³-hybridized carbons (Fsp3) is 0.278. The maximum atomic E-state index is 12.2. The lowest BCUT2D eigenvalue weighted by atomic mass is 10.1. The molecule has 0 saturated heterocycles. The molecule has 0 aromatic heterocycles. The standard InChI is InChI=1S/C18H22N2O2/c1-20(2)13-14-7-9-16(10-8-14)18(21)19-12-15-5-4-6-17(11-15)22-3/h4-11H,12-13H2,1-3H3,(H,19,21). The van der Waals surface area contributed by atoms with Gasteiger partial charge in [-0.3, -0.25) is 4.79 Å². The van der Waals surface area contributed by atoms with Crippen molar-refractivity contribution in [3.05, 3.63) is 65.2 Å². The van der Waals surface area contributed by atoms with E-state index in [1.54, 1.807) is 7.11 Å². The lowest BCUT2D eigenvalue weighted by Crippen LogP contribution is -2.22. The van der Waals surface area contributed by atoms with Gasteiger partial charge in [0, 0.05) is 18.7 Å². The van der Waals surface area contributed by atoms with Crippen molar-refractivity contribution in [2.24, 2.45) is 0 Å². The highest BCUT2D eigenvalue weighted by Gasteiger charge is 2.06. The second-order valence-electron chi connectivity index (χ2n) is 5.47. The molecule has 4 nitrogen and oxygen atoms in total. The molecule has 0 radical (unpaired) electrons. The number of hydrogen-bond acceptors (Lipinski definition) is 3. The van der Waals surface area contributed by atoms with Crippen LogP contribution in [-0.4, -0.2) is 32.0 Å². The smallest absolute Gasteiger partial charge is 0.251 e. The van der Waals surface area contributed by atoms with E-state index >= 15 is 0 Å². The molecule has 0 spiro atoms. The average molecular weight is 298 g/mol. The number of methoxy groups -OCH3 is 1. The summed E-state index contributed by atoms with van der Waals surface area (Å²) >= 11 is 0. The Morgan fingerprint density at radius 2 is 1.82 bits per heavy atom. The van der Waals surface area contributed by atoms with Crippen molar-refractivity contribution in [2.45, 2.75) is 13.1 Å². The van der Waals surface area contributed by atoms with Gasteiger partial charge in [-0.25, -0.2) is 0 Å². The van der Waals surface area contributed by atoms with E-state index in [0.29, 0.717) is 12.1 Å². The topological polar surface area (TPSA) is 41.6 Å². The molecule has 4 heteroatoms. The SMILES string of the molecule is COc1cccc(CNC(=O)c2ccc(CN(C)C)cc2)c1. The summed E-state index contributed by atoms with van der Waals surface area (Å²) in [4.78, 5) is 14.2. The molecule has 0 aliphatic rings. The van der Waals surface area contributed by atoms with Crippen molar-refractivity contribution in [3.8, 4) is 5.75 Å². The summed E-state index contributed by atoms with van der Waals surface area (Å²) < 4.78 is 5.17. The Morgan fingerprint density at radius 3 is 2.45 bits per heavy atom. The lowest BCUT2D eigenvalue weighted by molar-refractivity contribution is 0.0951. The first-order chi connectivity index (χ1) is 10.6. The number of nitrogens with zero attached hydrogens (tertiary/aromatic N) is 1. The van der Waals surface area contributed by atoms with E-state index < -0.39 is 0 Å². The minimum absolute atomic E-state index is 0.0702. The third-order valence-corrected chi connectivity index (χ3v) is 3.30. The summed E-state index contributed by atoms with van der Waals surface area (Å²) in [5.41, 5.74) is 2.87. The number of ether oxygens (including phenoxy) is 1. The van der Waals surface area contributed by atoms with E-state index in [1.807, 2.05) is 62.6 Å². The Hall–Kier alpha value is -2.33. The highest BCUT2D eigenvalue weighted by Crippen LogP contribution is 2.12. The highest BCUT2D eigenvalue weighted by atomic mass is 16.5. The van der Waals surface area contributed by atoms with Crippen LogP contribution in [0.2, 0.25) is 0 Å². The molecule has 0 fully saturated rings. The molecule has 116 valence electrons. The van der Waals surface area contributed by atoms with Crippen molar-refractivity contribution in [3.63, 3.8) is 0 Å². The molecule has 0 bridgehead atoms. The molecule has 0 atom stereocenters. The van der Waals surface area contributed by atoms with Gasteiger partial charge in [0.05, 0.1) is 7.11 Å². The van der Waals surface area contributed by atoms with Crippen molar-refractivity contribution < 1.29 is 9.53 Å². The van der Waals surface area contributed by atoms with E-state index in [1.165, 1.54) is 5.56 Å². The fourth-order valence-corrected chi connectivity index (χ4v) is 2.19. The molecule has 2 rings (SSSR count). The molecule has 2 aromatic rings. The molecule has 0 aliphatic carbocycles. The van der Waals surface area contributed by atoms with Crippen molar-refractivity contribution >= 4 is 5.91 Å². The van der Waals surface area contributed by atoms with Crippen LogP contribution in [0.15, 0.2) is 48.5 Å². The van der Waals surface area contributed by atoms with E-state index in [9.17, 15) is 4.79 Å². The number of carbonyl (C=O) groups is 1. The lowest BCUT2D eigenvalue weighted by Gasteiger charge is -2.10. The van der Waals surface area contributed by atoms with Crippen LogP contribution in [0.5, 0.6) is 5.75 Å². The first-order valence-electron chi connectivity index (χ1n) is 7.23. The molecule has 2 aromatic carbocycles. The molecule has 0 unspecified atom stereocenters. The van der Waals surface area contributed by atoms with E-state index in [0.717, 1.165) is 17.9 Å². The van der Waals surface area contributed by atoms with Gasteiger partial charge in [-0.2, -0.15) is 0 Å². The van der Waals surface area contributed by atoms with E-state index in [4.69, 9.17) is 4.74 Å².